The predicted molar refractivity (Wildman–Crippen MR) is 80.5 cm³/mol. The third-order valence-corrected chi connectivity index (χ3v) is 3.70. The average Bonchev–Trinajstić information content (AvgIpc) is 2.87. The predicted octanol–water partition coefficient (Wildman–Crippen LogP) is 3.17. The fraction of sp³-hybridized carbons (Fsp3) is 0.0667. The number of hydrogen-bond acceptors (Lipinski definition) is 2. The van der Waals surface area contributed by atoms with E-state index in [-0.39, 0.29) is 18.3 Å². The molecule has 1 N–H and O–H groups in total. The fourth-order valence-corrected chi connectivity index (χ4v) is 2.48. The molecule has 0 unspecified atom stereocenters. The monoisotopic (exact) mass is 347 g/mol. The summed E-state index contributed by atoms with van der Waals surface area (Å²) in [5.41, 5.74) is 1.87. The van der Waals surface area contributed by atoms with E-state index in [2.05, 4.69) is 26.2 Å². The first-order valence-corrected chi connectivity index (χ1v) is 7.08. The molecule has 2 heterocycles. The molecule has 1 amide bonds. The van der Waals surface area contributed by atoms with Crippen LogP contribution in [0, 0.1) is 5.82 Å². The average molecular weight is 348 g/mol. The van der Waals surface area contributed by atoms with Gasteiger partial charge in [-0.15, -0.1) is 0 Å². The number of carbonyl (C=O) groups is 1. The van der Waals surface area contributed by atoms with Crippen molar-refractivity contribution in [2.45, 2.75) is 6.54 Å². The Balaban J connectivity index is 1.74. The molecule has 21 heavy (non-hydrogen) atoms. The topological polar surface area (TPSA) is 46.4 Å². The Morgan fingerprint density at radius 2 is 2.05 bits per heavy atom. The molecule has 2 aromatic heterocycles. The van der Waals surface area contributed by atoms with Crippen molar-refractivity contribution in [3.8, 4) is 0 Å². The van der Waals surface area contributed by atoms with Crippen molar-refractivity contribution >= 4 is 27.5 Å². The molecule has 0 fully saturated rings. The smallest absolute Gasteiger partial charge is 0.252 e. The molecule has 0 spiro atoms. The molecule has 0 bridgehead atoms. The van der Waals surface area contributed by atoms with Crippen LogP contribution >= 0.6 is 15.9 Å². The molecule has 0 aliphatic rings. The third kappa shape index (κ3) is 2.95. The van der Waals surface area contributed by atoms with Crippen LogP contribution in [0.15, 0.2) is 53.3 Å². The molecule has 4 nitrogen and oxygen atoms in total. The normalized spacial score (nSPS) is 10.8. The Hall–Kier alpha value is -2.21. The van der Waals surface area contributed by atoms with Gasteiger partial charge in [0, 0.05) is 16.9 Å². The summed E-state index contributed by atoms with van der Waals surface area (Å²) in [5, 5.41) is 2.79. The van der Waals surface area contributed by atoms with Gasteiger partial charge in [-0.2, -0.15) is 0 Å². The number of halogens is 2. The minimum Gasteiger partial charge on any atom is -0.346 e. The van der Waals surface area contributed by atoms with Crippen molar-refractivity contribution in [2.24, 2.45) is 0 Å². The minimum absolute atomic E-state index is 0.189. The lowest BCUT2D eigenvalue weighted by Crippen LogP contribution is -2.23. The molecule has 3 rings (SSSR count). The van der Waals surface area contributed by atoms with Crippen molar-refractivity contribution in [3.63, 3.8) is 0 Å². The van der Waals surface area contributed by atoms with Crippen molar-refractivity contribution in [1.29, 1.82) is 0 Å². The maximum Gasteiger partial charge on any atom is 0.252 e. The molecule has 0 atom stereocenters. The zero-order valence-electron chi connectivity index (χ0n) is 10.9. The number of amides is 1. The highest BCUT2D eigenvalue weighted by Crippen LogP contribution is 2.15. The summed E-state index contributed by atoms with van der Waals surface area (Å²) in [6.07, 6.45) is 3.04. The van der Waals surface area contributed by atoms with Crippen LogP contribution in [0.2, 0.25) is 0 Å². The van der Waals surface area contributed by atoms with E-state index in [0.29, 0.717) is 16.9 Å². The van der Waals surface area contributed by atoms with Crippen LogP contribution in [0.5, 0.6) is 0 Å². The SMILES string of the molecule is O=C(NCc1cn2cc(F)ccc2n1)c1ccccc1Br. The lowest BCUT2D eigenvalue weighted by atomic mass is 10.2. The molecule has 6 heteroatoms. The molecule has 0 aliphatic heterocycles. The molecular weight excluding hydrogens is 337 g/mol. The Morgan fingerprint density at radius 1 is 1.24 bits per heavy atom. The van der Waals surface area contributed by atoms with Gasteiger partial charge in [0.05, 0.1) is 17.8 Å². The second-order valence-corrected chi connectivity index (χ2v) is 5.36. The van der Waals surface area contributed by atoms with Gasteiger partial charge < -0.3 is 9.72 Å². The molecule has 3 aromatic rings. The first-order chi connectivity index (χ1) is 10.1. The number of carbonyl (C=O) groups excluding carboxylic acids is 1. The largest absolute Gasteiger partial charge is 0.346 e. The fourth-order valence-electron chi connectivity index (χ4n) is 2.01. The van der Waals surface area contributed by atoms with E-state index < -0.39 is 0 Å². The molecule has 0 saturated heterocycles. The molecular formula is C15H11BrFN3O. The van der Waals surface area contributed by atoms with Crippen LogP contribution in [-0.2, 0) is 6.54 Å². The lowest BCUT2D eigenvalue weighted by Gasteiger charge is -2.04. The number of hydrogen-bond donors (Lipinski definition) is 1. The van der Waals surface area contributed by atoms with Gasteiger partial charge in [0.25, 0.3) is 5.91 Å². The van der Waals surface area contributed by atoms with Crippen LogP contribution in [0.4, 0.5) is 4.39 Å². The number of benzene rings is 1. The number of imidazole rings is 1. The molecule has 0 aliphatic carbocycles. The summed E-state index contributed by atoms with van der Waals surface area (Å²) in [7, 11) is 0. The molecule has 0 saturated carbocycles. The zero-order valence-corrected chi connectivity index (χ0v) is 12.5. The number of fused-ring (bicyclic) bond motifs is 1. The van der Waals surface area contributed by atoms with Gasteiger partial charge in [-0.25, -0.2) is 9.37 Å². The Labute approximate surface area is 128 Å². The van der Waals surface area contributed by atoms with Gasteiger partial charge >= 0.3 is 0 Å². The van der Waals surface area contributed by atoms with Gasteiger partial charge in [-0.1, -0.05) is 12.1 Å². The quantitative estimate of drug-likeness (QED) is 0.790. The highest BCUT2D eigenvalue weighted by molar-refractivity contribution is 9.10. The Kier molecular flexibility index (Phi) is 3.70. The van der Waals surface area contributed by atoms with Gasteiger partial charge in [-0.3, -0.25) is 4.79 Å². The van der Waals surface area contributed by atoms with Crippen LogP contribution in [0.1, 0.15) is 16.1 Å². The summed E-state index contributed by atoms with van der Waals surface area (Å²) < 4.78 is 15.4. The summed E-state index contributed by atoms with van der Waals surface area (Å²) in [5.74, 6) is -0.519. The van der Waals surface area contributed by atoms with Gasteiger partial charge in [-0.05, 0) is 40.2 Å². The van der Waals surface area contributed by atoms with E-state index in [1.54, 1.807) is 28.8 Å². The lowest BCUT2D eigenvalue weighted by molar-refractivity contribution is 0.0949. The van der Waals surface area contributed by atoms with E-state index in [1.807, 2.05) is 12.1 Å². The summed E-state index contributed by atoms with van der Waals surface area (Å²) >= 11 is 3.34. The Morgan fingerprint density at radius 3 is 2.86 bits per heavy atom. The number of nitrogens with one attached hydrogen (secondary N) is 1. The second kappa shape index (κ2) is 5.65. The minimum atomic E-state index is -0.330. The summed E-state index contributed by atoms with van der Waals surface area (Å²) in [4.78, 5) is 16.4. The zero-order chi connectivity index (χ0) is 14.8. The number of nitrogens with zero attached hydrogens (tertiary/aromatic N) is 2. The third-order valence-electron chi connectivity index (χ3n) is 3.01. The summed E-state index contributed by atoms with van der Waals surface area (Å²) in [6, 6.07) is 10.1. The first kappa shape index (κ1) is 13.8. The van der Waals surface area contributed by atoms with Crippen LogP contribution in [0.3, 0.4) is 0 Å². The number of aromatic nitrogens is 2. The maximum absolute atomic E-state index is 13.1. The molecule has 1 aromatic carbocycles. The second-order valence-electron chi connectivity index (χ2n) is 4.51. The van der Waals surface area contributed by atoms with E-state index >= 15 is 0 Å². The van der Waals surface area contributed by atoms with Gasteiger partial charge in [0.1, 0.15) is 11.5 Å². The Bertz CT molecular complexity index is 816. The highest BCUT2D eigenvalue weighted by Gasteiger charge is 2.10. The van der Waals surface area contributed by atoms with Crippen molar-refractivity contribution in [3.05, 3.63) is 70.3 Å². The van der Waals surface area contributed by atoms with E-state index in [9.17, 15) is 9.18 Å². The van der Waals surface area contributed by atoms with Gasteiger partial charge in [0.15, 0.2) is 0 Å². The van der Waals surface area contributed by atoms with Crippen LogP contribution in [0.25, 0.3) is 5.65 Å². The number of rotatable bonds is 3. The van der Waals surface area contributed by atoms with E-state index in [1.165, 1.54) is 12.3 Å². The van der Waals surface area contributed by atoms with Crippen molar-refractivity contribution in [2.75, 3.05) is 0 Å². The van der Waals surface area contributed by atoms with Crippen LogP contribution < -0.4 is 5.32 Å². The molecule has 0 radical (unpaired) electrons. The maximum atomic E-state index is 13.1. The van der Waals surface area contributed by atoms with E-state index in [4.69, 9.17) is 0 Å². The van der Waals surface area contributed by atoms with E-state index in [0.717, 1.165) is 4.47 Å². The van der Waals surface area contributed by atoms with Crippen molar-refractivity contribution < 1.29 is 9.18 Å². The summed E-state index contributed by atoms with van der Waals surface area (Å²) in [6.45, 7) is 0.281. The van der Waals surface area contributed by atoms with Crippen molar-refractivity contribution in [1.82, 2.24) is 14.7 Å². The highest BCUT2D eigenvalue weighted by atomic mass is 79.9. The van der Waals surface area contributed by atoms with Crippen LogP contribution in [-0.4, -0.2) is 15.3 Å². The van der Waals surface area contributed by atoms with Gasteiger partial charge in [0.2, 0.25) is 0 Å². The first-order valence-electron chi connectivity index (χ1n) is 6.29. The molecule has 106 valence electrons. The standard InChI is InChI=1S/C15H11BrFN3O/c16-13-4-2-1-3-12(13)15(21)18-7-11-9-20-8-10(17)5-6-14(20)19-11/h1-6,8-9H,7H2,(H,18,21). The number of pyridine rings is 1.